The molecular formula is C23H23N7O4. The maximum absolute atomic E-state index is 13.3. The molecule has 3 heterocycles. The molecule has 0 bridgehead atoms. The van der Waals surface area contributed by atoms with Crippen molar-refractivity contribution in [1.29, 1.82) is 0 Å². The van der Waals surface area contributed by atoms with Crippen LogP contribution in [0.3, 0.4) is 0 Å². The Morgan fingerprint density at radius 3 is 2.56 bits per heavy atom. The Balaban J connectivity index is 1.51. The van der Waals surface area contributed by atoms with Crippen molar-refractivity contribution in [3.8, 4) is 11.3 Å². The zero-order chi connectivity index (χ0) is 24.0. The molecule has 1 aromatic carbocycles. The molecule has 0 atom stereocenters. The van der Waals surface area contributed by atoms with E-state index in [2.05, 4.69) is 27.6 Å². The molecule has 1 saturated heterocycles. The van der Waals surface area contributed by atoms with Gasteiger partial charge in [0, 0.05) is 5.56 Å². The highest BCUT2D eigenvalue weighted by molar-refractivity contribution is 6.09. The average Bonchev–Trinajstić information content (AvgIpc) is 3.36. The van der Waals surface area contributed by atoms with Gasteiger partial charge in [-0.1, -0.05) is 37.3 Å². The Kier molecular flexibility index (Phi) is 5.03. The van der Waals surface area contributed by atoms with Crippen molar-refractivity contribution in [3.63, 3.8) is 0 Å². The number of carbonyl (C=O) groups is 4. The molecule has 1 saturated carbocycles. The molecule has 0 unspecified atom stereocenters. The van der Waals surface area contributed by atoms with Gasteiger partial charge in [0.05, 0.1) is 5.69 Å². The maximum atomic E-state index is 13.3. The number of amides is 5. The third kappa shape index (κ3) is 3.45. The number of carbonyl (C=O) groups excluding carboxylic acids is 4. The highest BCUT2D eigenvalue weighted by atomic mass is 16.2. The highest BCUT2D eigenvalue weighted by Gasteiger charge is 2.53. The number of hydrogen-bond donors (Lipinski definition) is 3. The third-order valence-corrected chi connectivity index (χ3v) is 6.54. The molecule has 1 aliphatic heterocycles. The van der Waals surface area contributed by atoms with Crippen molar-refractivity contribution in [2.45, 2.75) is 38.1 Å². The minimum absolute atomic E-state index is 0.0302. The first-order chi connectivity index (χ1) is 16.3. The van der Waals surface area contributed by atoms with Crippen LogP contribution in [-0.4, -0.2) is 48.7 Å². The van der Waals surface area contributed by atoms with Crippen molar-refractivity contribution < 1.29 is 19.2 Å². The molecule has 3 aromatic rings. The van der Waals surface area contributed by atoms with Crippen LogP contribution in [0.5, 0.6) is 0 Å². The van der Waals surface area contributed by atoms with Crippen LogP contribution >= 0.6 is 0 Å². The summed E-state index contributed by atoms with van der Waals surface area (Å²) in [5.41, 5.74) is 7.99. The van der Waals surface area contributed by atoms with E-state index in [0.717, 1.165) is 17.9 Å². The zero-order valence-corrected chi connectivity index (χ0v) is 18.4. The summed E-state index contributed by atoms with van der Waals surface area (Å²) in [5.74, 6) is -1.53. The topological polar surface area (TPSA) is 152 Å². The van der Waals surface area contributed by atoms with Crippen molar-refractivity contribution in [2.24, 2.45) is 11.7 Å². The van der Waals surface area contributed by atoms with Gasteiger partial charge in [0.1, 0.15) is 17.6 Å². The molecular weight excluding hydrogens is 438 g/mol. The number of nitrogens with one attached hydrogen (secondary N) is 2. The number of urea groups is 1. The van der Waals surface area contributed by atoms with Crippen LogP contribution in [0, 0.1) is 5.92 Å². The van der Waals surface area contributed by atoms with Gasteiger partial charge in [-0.25, -0.2) is 14.8 Å². The predicted octanol–water partition coefficient (Wildman–Crippen LogP) is 1.64. The number of primary amides is 1. The van der Waals surface area contributed by atoms with E-state index in [1.807, 2.05) is 18.2 Å². The number of nitrogens with zero attached hydrogens (tertiary/aromatic N) is 4. The fraction of sp³-hybridized carbons (Fsp3) is 0.304. The fourth-order valence-corrected chi connectivity index (χ4v) is 4.55. The van der Waals surface area contributed by atoms with Crippen LogP contribution in [0.1, 0.15) is 53.6 Å². The molecule has 4 N–H and O–H groups in total. The van der Waals surface area contributed by atoms with Crippen molar-refractivity contribution >= 4 is 29.4 Å². The fourth-order valence-electron chi connectivity index (χ4n) is 4.55. The Morgan fingerprint density at radius 2 is 1.88 bits per heavy atom. The molecule has 34 heavy (non-hydrogen) atoms. The molecule has 174 valence electrons. The number of rotatable bonds is 4. The Morgan fingerprint density at radius 1 is 1.18 bits per heavy atom. The Hall–Kier alpha value is -4.28. The first-order valence-corrected chi connectivity index (χ1v) is 11.0. The van der Waals surface area contributed by atoms with Gasteiger partial charge in [0.25, 0.3) is 17.7 Å². The van der Waals surface area contributed by atoms with Gasteiger partial charge in [-0.3, -0.25) is 24.2 Å². The summed E-state index contributed by atoms with van der Waals surface area (Å²) in [6, 6.07) is 9.88. The molecule has 2 aromatic heterocycles. The number of aromatic nitrogens is 3. The third-order valence-electron chi connectivity index (χ3n) is 6.54. The molecule has 5 amide bonds. The van der Waals surface area contributed by atoms with Gasteiger partial charge in [-0.05, 0) is 37.7 Å². The largest absolute Gasteiger partial charge is 0.364 e. The van der Waals surface area contributed by atoms with Gasteiger partial charge in [-0.2, -0.15) is 5.01 Å². The van der Waals surface area contributed by atoms with Crippen molar-refractivity contribution in [3.05, 3.63) is 54.1 Å². The van der Waals surface area contributed by atoms with E-state index >= 15 is 0 Å². The maximum Gasteiger partial charge on any atom is 0.344 e. The summed E-state index contributed by atoms with van der Waals surface area (Å²) in [7, 11) is 0. The van der Waals surface area contributed by atoms with E-state index in [-0.39, 0.29) is 17.0 Å². The second-order valence-corrected chi connectivity index (χ2v) is 8.82. The van der Waals surface area contributed by atoms with E-state index in [4.69, 9.17) is 5.73 Å². The minimum Gasteiger partial charge on any atom is -0.364 e. The summed E-state index contributed by atoms with van der Waals surface area (Å²) >= 11 is 0. The summed E-state index contributed by atoms with van der Waals surface area (Å²) in [5, 5.41) is 3.50. The van der Waals surface area contributed by atoms with Gasteiger partial charge >= 0.3 is 6.03 Å². The molecule has 0 radical (unpaired) electrons. The standard InChI is InChI=1S/C23H23N7O4/c1-13-7-9-23(10-8-13)21(33)30(22(34)27-23)28-20(32)16-11-15(14-5-3-2-4-6-14)26-19-17(18(24)31)25-12-29(16)19/h2-6,11-13H,7-10H2,1H3,(H2,24,31)(H,27,34)(H,28,32). The van der Waals surface area contributed by atoms with Crippen LogP contribution in [0.4, 0.5) is 4.79 Å². The molecule has 1 spiro atoms. The summed E-state index contributed by atoms with van der Waals surface area (Å²) < 4.78 is 1.30. The second-order valence-electron chi connectivity index (χ2n) is 8.82. The van der Waals surface area contributed by atoms with Crippen LogP contribution in [0.15, 0.2) is 42.7 Å². The monoisotopic (exact) mass is 461 g/mol. The quantitative estimate of drug-likeness (QED) is 0.502. The van der Waals surface area contributed by atoms with Crippen LogP contribution < -0.4 is 16.5 Å². The molecule has 5 rings (SSSR count). The number of hydrogen-bond acceptors (Lipinski definition) is 6. The first kappa shape index (κ1) is 21.6. The normalized spacial score (nSPS) is 22.3. The van der Waals surface area contributed by atoms with E-state index in [1.54, 1.807) is 12.1 Å². The molecule has 2 fully saturated rings. The molecule has 11 nitrogen and oxygen atoms in total. The van der Waals surface area contributed by atoms with Gasteiger partial charge in [-0.15, -0.1) is 0 Å². The molecule has 1 aliphatic carbocycles. The molecule has 2 aliphatic rings. The minimum atomic E-state index is -0.992. The van der Waals surface area contributed by atoms with E-state index < -0.39 is 29.3 Å². The molecule has 11 heteroatoms. The predicted molar refractivity (Wildman–Crippen MR) is 120 cm³/mol. The average molecular weight is 461 g/mol. The number of fused-ring (bicyclic) bond motifs is 1. The second kappa shape index (κ2) is 7.94. The smallest absolute Gasteiger partial charge is 0.344 e. The highest BCUT2D eigenvalue weighted by Crippen LogP contribution is 2.36. The van der Waals surface area contributed by atoms with Gasteiger partial charge < -0.3 is 11.1 Å². The SMILES string of the molecule is CC1CCC2(CC1)NC(=O)N(NC(=O)c1cc(-c3ccccc3)nc3c(C(N)=O)ncn13)C2=O. The van der Waals surface area contributed by atoms with E-state index in [1.165, 1.54) is 16.8 Å². The van der Waals surface area contributed by atoms with Crippen LogP contribution in [0.25, 0.3) is 16.9 Å². The number of nitrogens with two attached hydrogens (primary N) is 1. The summed E-state index contributed by atoms with van der Waals surface area (Å²) in [6.07, 6.45) is 3.91. The lowest BCUT2D eigenvalue weighted by atomic mass is 9.77. The van der Waals surface area contributed by atoms with Gasteiger partial charge in [0.2, 0.25) is 0 Å². The van der Waals surface area contributed by atoms with Gasteiger partial charge in [0.15, 0.2) is 11.3 Å². The zero-order valence-electron chi connectivity index (χ0n) is 18.4. The number of imide groups is 1. The van der Waals surface area contributed by atoms with Crippen LogP contribution in [-0.2, 0) is 4.79 Å². The number of hydrazine groups is 1. The number of imidazole rings is 1. The van der Waals surface area contributed by atoms with E-state index in [9.17, 15) is 19.2 Å². The lowest BCUT2D eigenvalue weighted by molar-refractivity contribution is -0.134. The van der Waals surface area contributed by atoms with Crippen molar-refractivity contribution in [2.75, 3.05) is 0 Å². The summed E-state index contributed by atoms with van der Waals surface area (Å²) in [4.78, 5) is 59.4. The Bertz CT molecular complexity index is 1330. The van der Waals surface area contributed by atoms with E-state index in [0.29, 0.717) is 30.0 Å². The lowest BCUT2D eigenvalue weighted by Gasteiger charge is -2.33. The lowest BCUT2D eigenvalue weighted by Crippen LogP contribution is -2.51. The summed E-state index contributed by atoms with van der Waals surface area (Å²) in [6.45, 7) is 2.11. The Labute approximate surface area is 194 Å². The van der Waals surface area contributed by atoms with Crippen molar-refractivity contribution in [1.82, 2.24) is 30.1 Å². The number of benzene rings is 1. The first-order valence-electron chi connectivity index (χ1n) is 11.0. The van der Waals surface area contributed by atoms with Crippen LogP contribution in [0.2, 0.25) is 0 Å².